The Kier molecular flexibility index (Phi) is 13.7. The zero-order valence-corrected chi connectivity index (χ0v) is 34.2. The van der Waals surface area contributed by atoms with E-state index in [1.54, 1.807) is 18.6 Å². The zero-order valence-electron chi connectivity index (χ0n) is 34.2. The van der Waals surface area contributed by atoms with Gasteiger partial charge >= 0.3 is 12.2 Å². The van der Waals surface area contributed by atoms with E-state index < -0.39 is 23.8 Å². The van der Waals surface area contributed by atoms with Gasteiger partial charge in [0.15, 0.2) is 0 Å². The number of carboxylic acid groups (broad SMARTS) is 1. The lowest BCUT2D eigenvalue weighted by molar-refractivity contribution is -0.130. The number of likely N-dealkylation sites (tertiary alicyclic amines) is 1. The van der Waals surface area contributed by atoms with E-state index in [9.17, 15) is 29.1 Å². The summed E-state index contributed by atoms with van der Waals surface area (Å²) in [6.07, 6.45) is 6.27. The van der Waals surface area contributed by atoms with E-state index in [-0.39, 0.29) is 42.0 Å². The van der Waals surface area contributed by atoms with Gasteiger partial charge in [-0.05, 0) is 119 Å². The zero-order chi connectivity index (χ0) is 42.1. The highest BCUT2D eigenvalue weighted by Gasteiger charge is 2.31. The topological polar surface area (TPSA) is 195 Å². The molecule has 1 aliphatic heterocycles. The molecule has 2 fully saturated rings. The van der Waals surface area contributed by atoms with Gasteiger partial charge in [-0.1, -0.05) is 42.5 Å². The number of nitrogens with one attached hydrogen (secondary N) is 5. The number of rotatable bonds is 12. The van der Waals surface area contributed by atoms with E-state index in [0.717, 1.165) is 46.4 Å². The van der Waals surface area contributed by atoms with Crippen LogP contribution in [0, 0.1) is 18.8 Å². The predicted octanol–water partition coefficient (Wildman–Crippen LogP) is 6.92. The summed E-state index contributed by atoms with van der Waals surface area (Å²) in [5.41, 5.74) is 5.93. The second-order valence-corrected chi connectivity index (χ2v) is 16.6. The minimum absolute atomic E-state index is 0.0795. The second kappa shape index (κ2) is 19.0. The molecule has 14 heteroatoms. The number of imidazole rings is 1. The Labute approximate surface area is 344 Å². The molecule has 59 heavy (non-hydrogen) atoms. The first-order valence-electron chi connectivity index (χ1n) is 20.4. The highest BCUT2D eigenvalue weighted by molar-refractivity contribution is 5.98. The Morgan fingerprint density at radius 3 is 2.19 bits per heavy atom. The summed E-state index contributed by atoms with van der Waals surface area (Å²) < 4.78 is 5.36. The number of anilines is 1. The smallest absolute Gasteiger partial charge is 0.407 e. The number of aromatic nitrogens is 2. The van der Waals surface area contributed by atoms with Gasteiger partial charge in [0.1, 0.15) is 11.6 Å². The van der Waals surface area contributed by atoms with Crippen LogP contribution >= 0.6 is 0 Å². The van der Waals surface area contributed by atoms with Crippen molar-refractivity contribution >= 4 is 35.6 Å². The molecule has 0 radical (unpaired) electrons. The van der Waals surface area contributed by atoms with Crippen LogP contribution in [0.3, 0.4) is 0 Å². The molecule has 1 atom stereocenters. The van der Waals surface area contributed by atoms with E-state index in [1.807, 2.05) is 88.4 Å². The quantitative estimate of drug-likeness (QED) is 0.0888. The van der Waals surface area contributed by atoms with Crippen molar-refractivity contribution in [2.24, 2.45) is 11.8 Å². The number of carbonyl (C=O) groups excluding carboxylic acids is 4. The van der Waals surface area contributed by atoms with Crippen molar-refractivity contribution in [3.05, 3.63) is 95.9 Å². The standard InChI is InChI=1S/C45H55N7O7/c1-28-23-34(41(54)49-36-19-21-52(22-20-36)44(57)58)15-18-37(28)31-9-5-29(6-10-31)24-38(42(55)50-35-16-13-32(14-17-35)39-26-46-27-48-39)51-40(53)33-11-7-30(8-12-33)25-47-43(56)59-45(2,3)4/h5-6,9-10,13-18,23,26-27,30,33,36,38H,7-8,11-12,19-22,24-25H2,1-4H3,(H,46,48)(H,47,56)(H,49,54)(H,50,55)(H,51,53)(H,57,58)/t30-,33-,38-/m0/s1. The van der Waals surface area contributed by atoms with Crippen LogP contribution < -0.4 is 21.3 Å². The fourth-order valence-corrected chi connectivity index (χ4v) is 7.71. The van der Waals surface area contributed by atoms with E-state index in [1.165, 1.54) is 4.90 Å². The number of amides is 5. The number of piperidine rings is 1. The van der Waals surface area contributed by atoms with Crippen molar-refractivity contribution in [3.8, 4) is 22.4 Å². The lowest BCUT2D eigenvalue weighted by Crippen LogP contribution is -2.48. The van der Waals surface area contributed by atoms with Gasteiger partial charge in [-0.2, -0.15) is 0 Å². The third-order valence-electron chi connectivity index (χ3n) is 11.0. The first-order chi connectivity index (χ1) is 28.2. The van der Waals surface area contributed by atoms with Crippen LogP contribution in [0.5, 0.6) is 0 Å². The summed E-state index contributed by atoms with van der Waals surface area (Å²) >= 11 is 0. The van der Waals surface area contributed by atoms with E-state index in [0.29, 0.717) is 56.6 Å². The van der Waals surface area contributed by atoms with Crippen LogP contribution in [0.25, 0.3) is 22.4 Å². The van der Waals surface area contributed by atoms with Crippen molar-refractivity contribution in [1.82, 2.24) is 30.8 Å². The van der Waals surface area contributed by atoms with Crippen LogP contribution in [0.2, 0.25) is 0 Å². The fraction of sp³-hybridized carbons (Fsp3) is 0.422. The van der Waals surface area contributed by atoms with Gasteiger partial charge in [-0.25, -0.2) is 14.6 Å². The fourth-order valence-electron chi connectivity index (χ4n) is 7.71. The van der Waals surface area contributed by atoms with Crippen molar-refractivity contribution in [2.45, 2.75) is 90.3 Å². The molecule has 14 nitrogen and oxygen atoms in total. The number of benzene rings is 3. The minimum Gasteiger partial charge on any atom is -0.465 e. The Hall–Kier alpha value is -6.18. The maximum absolute atomic E-state index is 13.9. The normalized spacial score (nSPS) is 17.7. The van der Waals surface area contributed by atoms with E-state index >= 15 is 0 Å². The first kappa shape index (κ1) is 42.4. The molecular formula is C45H55N7O7. The van der Waals surface area contributed by atoms with Crippen LogP contribution in [-0.4, -0.2) is 87.2 Å². The molecule has 312 valence electrons. The summed E-state index contributed by atoms with van der Waals surface area (Å²) in [6, 6.07) is 19.9. The van der Waals surface area contributed by atoms with Gasteiger partial charge in [0.2, 0.25) is 11.8 Å². The SMILES string of the molecule is Cc1cc(C(=O)NC2CCN(C(=O)O)CC2)ccc1-c1ccc(C[C@H](NC(=O)[C@H]2CC[C@H](CNC(=O)OC(C)(C)C)CC2)C(=O)Nc2ccc(-c3c[nH]cn3)cc2)cc1. The Balaban J connectivity index is 1.09. The van der Waals surface area contributed by atoms with Gasteiger partial charge in [0, 0.05) is 61.0 Å². The molecule has 1 aromatic heterocycles. The first-order valence-corrected chi connectivity index (χ1v) is 20.4. The maximum Gasteiger partial charge on any atom is 0.407 e. The molecule has 3 aromatic carbocycles. The van der Waals surface area contributed by atoms with Crippen LogP contribution in [0.1, 0.15) is 80.8 Å². The van der Waals surface area contributed by atoms with E-state index in [4.69, 9.17) is 4.74 Å². The number of hydrogen-bond donors (Lipinski definition) is 6. The minimum atomic E-state index is -0.937. The highest BCUT2D eigenvalue weighted by atomic mass is 16.6. The lowest BCUT2D eigenvalue weighted by Gasteiger charge is -2.30. The Morgan fingerprint density at radius 2 is 1.58 bits per heavy atom. The molecular weight excluding hydrogens is 751 g/mol. The van der Waals surface area contributed by atoms with Crippen molar-refractivity contribution in [2.75, 3.05) is 25.0 Å². The van der Waals surface area contributed by atoms with Gasteiger partial charge in [-0.15, -0.1) is 0 Å². The molecule has 1 aliphatic carbocycles. The summed E-state index contributed by atoms with van der Waals surface area (Å²) in [5, 5.41) is 21.2. The van der Waals surface area contributed by atoms with Gasteiger partial charge in [0.05, 0.1) is 12.0 Å². The molecule has 6 N–H and O–H groups in total. The Bertz CT molecular complexity index is 2080. The van der Waals surface area contributed by atoms with Crippen LogP contribution in [0.15, 0.2) is 79.3 Å². The lowest BCUT2D eigenvalue weighted by atomic mass is 9.81. The molecule has 0 bridgehead atoms. The molecule has 1 saturated carbocycles. The van der Waals surface area contributed by atoms with Crippen LogP contribution in [-0.2, 0) is 20.7 Å². The molecule has 1 saturated heterocycles. The predicted molar refractivity (Wildman–Crippen MR) is 225 cm³/mol. The molecule has 4 aromatic rings. The number of carbonyl (C=O) groups is 5. The average Bonchev–Trinajstić information content (AvgIpc) is 3.76. The van der Waals surface area contributed by atoms with Gasteiger partial charge in [-0.3, -0.25) is 14.4 Å². The number of nitrogens with zero attached hydrogens (tertiary/aromatic N) is 2. The number of ether oxygens (including phenoxy) is 1. The number of aromatic amines is 1. The van der Waals surface area contributed by atoms with Crippen molar-refractivity contribution < 1.29 is 33.8 Å². The van der Waals surface area contributed by atoms with E-state index in [2.05, 4.69) is 31.2 Å². The summed E-state index contributed by atoms with van der Waals surface area (Å²) in [6.45, 7) is 8.69. The number of H-pyrrole nitrogens is 1. The summed E-state index contributed by atoms with van der Waals surface area (Å²) in [5.74, 6) is -0.702. The third kappa shape index (κ3) is 11.9. The largest absolute Gasteiger partial charge is 0.465 e. The van der Waals surface area contributed by atoms with Crippen molar-refractivity contribution in [3.63, 3.8) is 0 Å². The Morgan fingerprint density at radius 1 is 0.898 bits per heavy atom. The molecule has 0 spiro atoms. The van der Waals surface area contributed by atoms with Gasteiger partial charge in [0.25, 0.3) is 5.91 Å². The molecule has 6 rings (SSSR count). The summed E-state index contributed by atoms with van der Waals surface area (Å²) in [7, 11) is 0. The molecule has 0 unspecified atom stereocenters. The van der Waals surface area contributed by atoms with Crippen molar-refractivity contribution in [1.29, 1.82) is 0 Å². The monoisotopic (exact) mass is 805 g/mol. The van der Waals surface area contributed by atoms with Crippen LogP contribution in [0.4, 0.5) is 15.3 Å². The number of alkyl carbamates (subject to hydrolysis) is 1. The summed E-state index contributed by atoms with van der Waals surface area (Å²) in [4.78, 5) is 72.7. The molecule has 5 amide bonds. The number of aryl methyl sites for hydroxylation is 1. The number of hydrogen-bond acceptors (Lipinski definition) is 7. The highest BCUT2D eigenvalue weighted by Crippen LogP contribution is 2.30. The van der Waals surface area contributed by atoms with Gasteiger partial charge < -0.3 is 41.0 Å². The average molecular weight is 806 g/mol. The second-order valence-electron chi connectivity index (χ2n) is 16.6. The molecule has 2 aliphatic rings. The third-order valence-corrected chi connectivity index (χ3v) is 11.0. The molecule has 2 heterocycles. The maximum atomic E-state index is 13.9.